The molecule has 0 bridgehead atoms. The Kier molecular flexibility index (Phi) is 2.69. The van der Waals surface area contributed by atoms with Gasteiger partial charge in [-0.3, -0.25) is 0 Å². The lowest BCUT2D eigenvalue weighted by atomic mass is 9.79. The maximum atomic E-state index is 13.6. The van der Waals surface area contributed by atoms with Gasteiger partial charge in [-0.05, 0) is 35.5 Å². The second-order valence-corrected chi connectivity index (χ2v) is 5.71. The molecule has 1 fully saturated rings. The van der Waals surface area contributed by atoms with Gasteiger partial charge in [0.25, 0.3) is 0 Å². The minimum atomic E-state index is -0.128. The molecule has 0 aromatic rings. The molecule has 2 rings (SSSR count). The Bertz CT molecular complexity index is 388. The molecular weight excluding hydrogens is 201 g/mol. The van der Waals surface area contributed by atoms with Crippen LogP contribution in [0.15, 0.2) is 35.3 Å². The van der Waals surface area contributed by atoms with Crippen LogP contribution in [-0.4, -0.2) is 0 Å². The van der Waals surface area contributed by atoms with E-state index in [4.69, 9.17) is 5.73 Å². The lowest BCUT2D eigenvalue weighted by Crippen LogP contribution is -2.19. The van der Waals surface area contributed by atoms with Crippen LogP contribution >= 0.6 is 0 Å². The molecule has 0 aliphatic heterocycles. The first-order valence-corrected chi connectivity index (χ1v) is 5.94. The monoisotopic (exact) mass is 221 g/mol. The highest BCUT2D eigenvalue weighted by molar-refractivity contribution is 5.34. The van der Waals surface area contributed by atoms with E-state index in [1.807, 2.05) is 6.08 Å². The SMILES string of the molecule is C[C@@H]1CC(C)(C)[C@@H]2C=C(F)/C=C\C/C(N)=C/12. The van der Waals surface area contributed by atoms with E-state index in [9.17, 15) is 4.39 Å². The van der Waals surface area contributed by atoms with Crippen LogP contribution in [0.4, 0.5) is 4.39 Å². The largest absolute Gasteiger partial charge is 0.402 e. The van der Waals surface area contributed by atoms with Crippen molar-refractivity contribution in [2.75, 3.05) is 0 Å². The molecule has 0 aromatic carbocycles. The summed E-state index contributed by atoms with van der Waals surface area (Å²) in [4.78, 5) is 0. The lowest BCUT2D eigenvalue weighted by molar-refractivity contribution is 0.311. The van der Waals surface area contributed by atoms with Gasteiger partial charge in [0.05, 0.1) is 0 Å². The first-order valence-electron chi connectivity index (χ1n) is 5.94. The molecule has 0 radical (unpaired) electrons. The van der Waals surface area contributed by atoms with E-state index in [1.165, 1.54) is 11.6 Å². The zero-order valence-electron chi connectivity index (χ0n) is 10.3. The van der Waals surface area contributed by atoms with E-state index in [0.717, 1.165) is 12.1 Å². The quantitative estimate of drug-likeness (QED) is 0.663. The molecule has 1 nitrogen and oxygen atoms in total. The molecule has 2 aliphatic rings. The van der Waals surface area contributed by atoms with Crippen LogP contribution in [0, 0.1) is 17.3 Å². The van der Waals surface area contributed by atoms with E-state index in [2.05, 4.69) is 20.8 Å². The zero-order valence-corrected chi connectivity index (χ0v) is 10.3. The Labute approximate surface area is 96.9 Å². The summed E-state index contributed by atoms with van der Waals surface area (Å²) in [6.45, 7) is 6.59. The summed E-state index contributed by atoms with van der Waals surface area (Å²) in [7, 11) is 0. The van der Waals surface area contributed by atoms with Gasteiger partial charge in [0.2, 0.25) is 0 Å². The minimum absolute atomic E-state index is 0.113. The number of hydrogen-bond donors (Lipinski definition) is 1. The maximum absolute atomic E-state index is 13.6. The third kappa shape index (κ3) is 1.81. The average molecular weight is 221 g/mol. The van der Waals surface area contributed by atoms with Crippen LogP contribution in [0.2, 0.25) is 0 Å². The molecule has 1 saturated carbocycles. The lowest BCUT2D eigenvalue weighted by Gasteiger charge is -2.26. The van der Waals surface area contributed by atoms with Crippen LogP contribution in [0.3, 0.4) is 0 Å². The standard InChI is InChI=1S/C14H20FN/c1-9-8-14(2,3)11-7-10(15)5-4-6-12(16)13(9)11/h4-5,7,9,11H,6,8,16H2,1-3H3/b5-4-,10-7?,13-12+/t9-,11-/m1/s1. The second kappa shape index (κ2) is 3.76. The summed E-state index contributed by atoms with van der Waals surface area (Å²) < 4.78 is 13.6. The molecule has 0 aromatic heterocycles. The highest BCUT2D eigenvalue weighted by Crippen LogP contribution is 2.51. The van der Waals surface area contributed by atoms with E-state index < -0.39 is 0 Å². The summed E-state index contributed by atoms with van der Waals surface area (Å²) in [6.07, 6.45) is 6.83. The van der Waals surface area contributed by atoms with Crippen molar-refractivity contribution in [3.63, 3.8) is 0 Å². The van der Waals surface area contributed by atoms with Gasteiger partial charge in [-0.2, -0.15) is 0 Å². The summed E-state index contributed by atoms with van der Waals surface area (Å²) in [6, 6.07) is 0. The molecular formula is C14H20FN. The van der Waals surface area contributed by atoms with Crippen molar-refractivity contribution >= 4 is 0 Å². The third-order valence-electron chi connectivity index (χ3n) is 3.85. The topological polar surface area (TPSA) is 26.0 Å². The van der Waals surface area contributed by atoms with E-state index >= 15 is 0 Å². The number of allylic oxidation sites excluding steroid dienone is 5. The highest BCUT2D eigenvalue weighted by Gasteiger charge is 2.42. The van der Waals surface area contributed by atoms with Gasteiger partial charge in [-0.25, -0.2) is 4.39 Å². The predicted molar refractivity (Wildman–Crippen MR) is 65.2 cm³/mol. The highest BCUT2D eigenvalue weighted by atomic mass is 19.1. The van der Waals surface area contributed by atoms with Crippen LogP contribution in [0.25, 0.3) is 0 Å². The van der Waals surface area contributed by atoms with Gasteiger partial charge in [0, 0.05) is 18.0 Å². The van der Waals surface area contributed by atoms with Gasteiger partial charge in [-0.15, -0.1) is 0 Å². The number of nitrogens with two attached hydrogens (primary N) is 1. The van der Waals surface area contributed by atoms with Crippen LogP contribution < -0.4 is 5.73 Å². The molecule has 88 valence electrons. The van der Waals surface area contributed by atoms with Crippen LogP contribution in [0.5, 0.6) is 0 Å². The van der Waals surface area contributed by atoms with E-state index in [1.54, 1.807) is 6.08 Å². The molecule has 16 heavy (non-hydrogen) atoms. The van der Waals surface area contributed by atoms with Crippen molar-refractivity contribution in [1.29, 1.82) is 0 Å². The molecule has 0 amide bonds. The van der Waals surface area contributed by atoms with Crippen molar-refractivity contribution in [2.45, 2.75) is 33.6 Å². The summed E-state index contributed by atoms with van der Waals surface area (Å²) >= 11 is 0. The van der Waals surface area contributed by atoms with Crippen molar-refractivity contribution in [1.82, 2.24) is 0 Å². The number of halogens is 1. The molecule has 2 atom stereocenters. The first-order chi connectivity index (χ1) is 7.42. The number of rotatable bonds is 0. The van der Waals surface area contributed by atoms with Crippen molar-refractivity contribution in [3.05, 3.63) is 35.3 Å². The van der Waals surface area contributed by atoms with Crippen molar-refractivity contribution < 1.29 is 4.39 Å². The normalized spacial score (nSPS) is 39.6. The molecule has 2 heteroatoms. The predicted octanol–water partition coefficient (Wildman–Crippen LogP) is 3.69. The van der Waals surface area contributed by atoms with Gasteiger partial charge < -0.3 is 5.73 Å². The Morgan fingerprint density at radius 3 is 2.81 bits per heavy atom. The molecule has 0 unspecified atom stereocenters. The van der Waals surface area contributed by atoms with Crippen LogP contribution in [-0.2, 0) is 0 Å². The molecule has 0 heterocycles. The van der Waals surface area contributed by atoms with E-state index in [-0.39, 0.29) is 17.2 Å². The fourth-order valence-electron chi connectivity index (χ4n) is 3.22. The number of fused-ring (bicyclic) bond motifs is 1. The Morgan fingerprint density at radius 1 is 1.44 bits per heavy atom. The smallest absolute Gasteiger partial charge is 0.119 e. The van der Waals surface area contributed by atoms with Crippen molar-refractivity contribution in [3.8, 4) is 0 Å². The Hall–Kier alpha value is -1.05. The molecule has 0 spiro atoms. The van der Waals surface area contributed by atoms with Gasteiger partial charge in [0.15, 0.2) is 0 Å². The Balaban J connectivity index is 2.53. The van der Waals surface area contributed by atoms with Crippen molar-refractivity contribution in [2.24, 2.45) is 23.0 Å². The van der Waals surface area contributed by atoms with Gasteiger partial charge in [-0.1, -0.05) is 26.8 Å². The maximum Gasteiger partial charge on any atom is 0.119 e. The molecule has 2 aliphatic carbocycles. The summed E-state index contributed by atoms with van der Waals surface area (Å²) in [5.74, 6) is 0.500. The van der Waals surface area contributed by atoms with Crippen LogP contribution in [0.1, 0.15) is 33.6 Å². The molecule has 2 N–H and O–H groups in total. The molecule has 0 saturated heterocycles. The first kappa shape index (κ1) is 11.4. The fourth-order valence-corrected chi connectivity index (χ4v) is 3.22. The summed E-state index contributed by atoms with van der Waals surface area (Å²) in [5, 5.41) is 0. The van der Waals surface area contributed by atoms with Gasteiger partial charge >= 0.3 is 0 Å². The minimum Gasteiger partial charge on any atom is -0.402 e. The third-order valence-corrected chi connectivity index (χ3v) is 3.85. The fraction of sp³-hybridized carbons (Fsp3) is 0.571. The van der Waals surface area contributed by atoms with Gasteiger partial charge in [0.1, 0.15) is 5.83 Å². The Morgan fingerprint density at radius 2 is 2.12 bits per heavy atom. The second-order valence-electron chi connectivity index (χ2n) is 5.71. The average Bonchev–Trinajstić information content (AvgIpc) is 2.33. The van der Waals surface area contributed by atoms with E-state index in [0.29, 0.717) is 12.3 Å². The number of hydrogen-bond acceptors (Lipinski definition) is 1. The summed E-state index contributed by atoms with van der Waals surface area (Å²) in [5.41, 5.74) is 8.42. The zero-order chi connectivity index (χ0) is 11.9.